The molecule has 0 spiro atoms. The summed E-state index contributed by atoms with van der Waals surface area (Å²) in [4.78, 5) is 26.8. The van der Waals surface area contributed by atoms with Gasteiger partial charge in [0.05, 0.1) is 6.26 Å². The van der Waals surface area contributed by atoms with Gasteiger partial charge in [-0.15, -0.1) is 0 Å². The smallest absolute Gasteiger partial charge is 0.244 e. The molecular formula is C22H31N3O4S. The third-order valence-electron chi connectivity index (χ3n) is 5.75. The van der Waals surface area contributed by atoms with Gasteiger partial charge in [0, 0.05) is 36.8 Å². The van der Waals surface area contributed by atoms with Gasteiger partial charge in [0.2, 0.25) is 21.8 Å². The van der Waals surface area contributed by atoms with Gasteiger partial charge in [-0.25, -0.2) is 8.42 Å². The van der Waals surface area contributed by atoms with Crippen molar-refractivity contribution in [1.29, 1.82) is 0 Å². The Hall–Kier alpha value is -2.35. The fourth-order valence-corrected chi connectivity index (χ4v) is 4.71. The lowest BCUT2D eigenvalue weighted by Crippen LogP contribution is -2.48. The molecule has 1 aliphatic carbocycles. The Balaban J connectivity index is 1.42. The van der Waals surface area contributed by atoms with E-state index in [-0.39, 0.29) is 17.9 Å². The molecule has 0 radical (unpaired) electrons. The zero-order valence-corrected chi connectivity index (χ0v) is 18.3. The molecule has 1 heterocycles. The molecule has 1 saturated heterocycles. The van der Waals surface area contributed by atoms with E-state index in [4.69, 9.17) is 0 Å². The van der Waals surface area contributed by atoms with Gasteiger partial charge in [-0.2, -0.15) is 0 Å². The van der Waals surface area contributed by atoms with E-state index in [0.717, 1.165) is 50.3 Å². The molecule has 1 aromatic carbocycles. The van der Waals surface area contributed by atoms with Gasteiger partial charge in [0.1, 0.15) is 0 Å². The summed E-state index contributed by atoms with van der Waals surface area (Å²) in [5.74, 6) is 0.338. The number of likely N-dealkylation sites (tertiary alicyclic amines) is 1. The number of hydrogen-bond donors (Lipinski definition) is 2. The maximum absolute atomic E-state index is 12.6. The topological polar surface area (TPSA) is 95.6 Å². The summed E-state index contributed by atoms with van der Waals surface area (Å²) in [5, 5.41) is 3.02. The van der Waals surface area contributed by atoms with Crippen LogP contribution in [0.1, 0.15) is 50.5 Å². The first kappa shape index (κ1) is 22.3. The van der Waals surface area contributed by atoms with Crippen LogP contribution >= 0.6 is 0 Å². The number of rotatable bonds is 6. The lowest BCUT2D eigenvalue weighted by molar-refractivity contribution is -0.137. The van der Waals surface area contributed by atoms with Crippen molar-refractivity contribution in [1.82, 2.24) is 10.2 Å². The zero-order valence-electron chi connectivity index (χ0n) is 17.5. The quantitative estimate of drug-likeness (QED) is 0.675. The third-order valence-corrected chi connectivity index (χ3v) is 6.36. The highest BCUT2D eigenvalue weighted by Crippen LogP contribution is 2.26. The Morgan fingerprint density at radius 3 is 2.23 bits per heavy atom. The number of anilines is 1. The molecule has 7 nitrogen and oxygen atoms in total. The fraction of sp³-hybridized carbons (Fsp3) is 0.545. The van der Waals surface area contributed by atoms with E-state index in [1.54, 1.807) is 30.3 Å². The molecule has 2 fully saturated rings. The van der Waals surface area contributed by atoms with E-state index in [0.29, 0.717) is 24.7 Å². The molecule has 0 atom stereocenters. The molecular weight excluding hydrogens is 402 g/mol. The zero-order chi connectivity index (χ0) is 21.6. The first-order chi connectivity index (χ1) is 14.3. The van der Waals surface area contributed by atoms with Crippen LogP contribution in [-0.4, -0.2) is 50.5 Å². The lowest BCUT2D eigenvalue weighted by Gasteiger charge is -2.35. The maximum Gasteiger partial charge on any atom is 0.244 e. The largest absolute Gasteiger partial charge is 0.350 e. The van der Waals surface area contributed by atoms with Crippen LogP contribution in [0.4, 0.5) is 5.69 Å². The number of carbonyl (C=O) groups excluding carboxylic acids is 2. The summed E-state index contributed by atoms with van der Waals surface area (Å²) in [7, 11) is -3.30. The number of piperidine rings is 1. The molecule has 2 amide bonds. The van der Waals surface area contributed by atoms with Crippen molar-refractivity contribution in [3.05, 3.63) is 35.9 Å². The van der Waals surface area contributed by atoms with Crippen molar-refractivity contribution in [3.63, 3.8) is 0 Å². The van der Waals surface area contributed by atoms with Gasteiger partial charge in [0.15, 0.2) is 0 Å². The summed E-state index contributed by atoms with van der Waals surface area (Å²) in [6.07, 6.45) is 11.4. The minimum atomic E-state index is -3.30. The van der Waals surface area contributed by atoms with Gasteiger partial charge in [-0.3, -0.25) is 14.3 Å². The van der Waals surface area contributed by atoms with Crippen LogP contribution < -0.4 is 10.0 Å². The van der Waals surface area contributed by atoms with Crippen molar-refractivity contribution in [2.75, 3.05) is 24.1 Å². The molecule has 0 aromatic heterocycles. The Kier molecular flexibility index (Phi) is 7.53. The second-order valence-electron chi connectivity index (χ2n) is 8.27. The summed E-state index contributed by atoms with van der Waals surface area (Å²) in [5.41, 5.74) is 1.28. The highest BCUT2D eigenvalue weighted by Gasteiger charge is 2.29. The van der Waals surface area contributed by atoms with Gasteiger partial charge in [0.25, 0.3) is 0 Å². The van der Waals surface area contributed by atoms with Crippen LogP contribution in [0.25, 0.3) is 6.08 Å². The molecule has 8 heteroatoms. The first-order valence-electron chi connectivity index (χ1n) is 10.7. The summed E-state index contributed by atoms with van der Waals surface area (Å²) in [6, 6.07) is 6.87. The fourth-order valence-electron chi connectivity index (χ4n) is 4.15. The van der Waals surface area contributed by atoms with E-state index in [1.165, 1.54) is 12.5 Å². The van der Waals surface area contributed by atoms with E-state index < -0.39 is 10.0 Å². The van der Waals surface area contributed by atoms with E-state index in [1.807, 2.05) is 4.90 Å². The monoisotopic (exact) mass is 433 g/mol. The van der Waals surface area contributed by atoms with E-state index >= 15 is 0 Å². The van der Waals surface area contributed by atoms with Crippen LogP contribution in [0.15, 0.2) is 30.3 Å². The standard InChI is InChI=1S/C22H31N3O4S/c1-30(28,29)24-20-10-7-17(8-11-20)9-12-21(26)23-19-13-15-25(16-14-19)22(27)18-5-3-2-4-6-18/h7-12,18-19,24H,2-6,13-16H2,1H3,(H,23,26)/b12-9+. The number of amides is 2. The SMILES string of the molecule is CS(=O)(=O)Nc1ccc(/C=C/C(=O)NC2CCN(C(=O)C3CCCCC3)CC2)cc1. The number of nitrogens with one attached hydrogen (secondary N) is 2. The third kappa shape index (κ3) is 6.86. The molecule has 0 bridgehead atoms. The number of benzene rings is 1. The summed E-state index contributed by atoms with van der Waals surface area (Å²) < 4.78 is 24.9. The second-order valence-corrected chi connectivity index (χ2v) is 10.0. The lowest BCUT2D eigenvalue weighted by atomic mass is 9.87. The predicted octanol–water partition coefficient (Wildman–Crippen LogP) is 2.76. The van der Waals surface area contributed by atoms with Crippen molar-refractivity contribution < 1.29 is 18.0 Å². The molecule has 30 heavy (non-hydrogen) atoms. The molecule has 1 aromatic rings. The first-order valence-corrected chi connectivity index (χ1v) is 12.5. The molecule has 164 valence electrons. The number of hydrogen-bond acceptors (Lipinski definition) is 4. The highest BCUT2D eigenvalue weighted by atomic mass is 32.2. The van der Waals surface area contributed by atoms with Crippen LogP contribution in [0.5, 0.6) is 0 Å². The van der Waals surface area contributed by atoms with Gasteiger partial charge >= 0.3 is 0 Å². The highest BCUT2D eigenvalue weighted by molar-refractivity contribution is 7.92. The van der Waals surface area contributed by atoms with E-state index in [9.17, 15) is 18.0 Å². The number of carbonyl (C=O) groups is 2. The average Bonchev–Trinajstić information content (AvgIpc) is 2.73. The Bertz CT molecular complexity index is 866. The van der Waals surface area contributed by atoms with Crippen LogP contribution in [0, 0.1) is 5.92 Å². The van der Waals surface area contributed by atoms with Crippen LogP contribution in [0.2, 0.25) is 0 Å². The van der Waals surface area contributed by atoms with Crippen molar-refractivity contribution in [3.8, 4) is 0 Å². The van der Waals surface area contributed by atoms with Crippen molar-refractivity contribution in [2.24, 2.45) is 5.92 Å². The number of nitrogens with zero attached hydrogens (tertiary/aromatic N) is 1. The minimum Gasteiger partial charge on any atom is -0.350 e. The molecule has 1 aliphatic heterocycles. The average molecular weight is 434 g/mol. The Morgan fingerprint density at radius 2 is 1.63 bits per heavy atom. The maximum atomic E-state index is 12.6. The van der Waals surface area contributed by atoms with Gasteiger partial charge in [-0.1, -0.05) is 31.4 Å². The Labute approximate surface area is 179 Å². The predicted molar refractivity (Wildman–Crippen MR) is 118 cm³/mol. The van der Waals surface area contributed by atoms with Crippen LogP contribution in [0.3, 0.4) is 0 Å². The summed E-state index contributed by atoms with van der Waals surface area (Å²) >= 11 is 0. The second kappa shape index (κ2) is 10.1. The molecule has 3 rings (SSSR count). The Morgan fingerprint density at radius 1 is 1.00 bits per heavy atom. The molecule has 2 N–H and O–H groups in total. The van der Waals surface area contributed by atoms with Gasteiger partial charge < -0.3 is 10.2 Å². The van der Waals surface area contributed by atoms with Crippen LogP contribution in [-0.2, 0) is 19.6 Å². The molecule has 2 aliphatic rings. The van der Waals surface area contributed by atoms with Crippen molar-refractivity contribution in [2.45, 2.75) is 51.0 Å². The van der Waals surface area contributed by atoms with Crippen molar-refractivity contribution >= 4 is 33.6 Å². The molecule has 0 unspecified atom stereocenters. The van der Waals surface area contributed by atoms with E-state index in [2.05, 4.69) is 10.0 Å². The molecule has 1 saturated carbocycles. The minimum absolute atomic E-state index is 0.0823. The number of sulfonamides is 1. The summed E-state index contributed by atoms with van der Waals surface area (Å²) in [6.45, 7) is 1.41. The van der Waals surface area contributed by atoms with Gasteiger partial charge in [-0.05, 0) is 49.5 Å². The normalized spacial score (nSPS) is 19.0.